The number of ether oxygens (including phenoxy) is 2. The molecule has 0 spiro atoms. The molecule has 0 saturated carbocycles. The van der Waals surface area contributed by atoms with E-state index in [2.05, 4.69) is 25.2 Å². The zero-order chi connectivity index (χ0) is 12.6. The Bertz CT molecular complexity index is 273. The van der Waals surface area contributed by atoms with E-state index in [9.17, 15) is 14.4 Å². The third-order valence-electron chi connectivity index (χ3n) is 1.57. The maximum absolute atomic E-state index is 11.3. The maximum atomic E-state index is 11.3. The van der Waals surface area contributed by atoms with Crippen LogP contribution in [0.5, 0.6) is 0 Å². The molecular formula is C7H14N3O5P. The number of nitrogens with one attached hydrogen (secondary N) is 3. The Morgan fingerprint density at radius 2 is 1.75 bits per heavy atom. The number of alkyl carbamates (subject to hydrolysis) is 2. The van der Waals surface area contributed by atoms with Crippen molar-refractivity contribution in [2.45, 2.75) is 6.04 Å². The van der Waals surface area contributed by atoms with E-state index in [0.717, 1.165) is 0 Å². The molecule has 0 aromatic heterocycles. The van der Waals surface area contributed by atoms with Crippen molar-refractivity contribution in [2.75, 3.05) is 20.8 Å². The van der Waals surface area contributed by atoms with Crippen LogP contribution in [0.15, 0.2) is 0 Å². The van der Waals surface area contributed by atoms with Crippen LogP contribution in [-0.2, 0) is 14.3 Å². The van der Waals surface area contributed by atoms with E-state index in [1.165, 1.54) is 14.2 Å². The van der Waals surface area contributed by atoms with Gasteiger partial charge >= 0.3 is 12.2 Å². The van der Waals surface area contributed by atoms with Gasteiger partial charge in [0.1, 0.15) is 6.04 Å². The van der Waals surface area contributed by atoms with Crippen molar-refractivity contribution in [1.82, 2.24) is 15.7 Å². The number of hydrogen-bond acceptors (Lipinski definition) is 5. The number of rotatable bonds is 4. The first kappa shape index (κ1) is 14.4. The zero-order valence-electron chi connectivity index (χ0n) is 8.90. The van der Waals surface area contributed by atoms with Crippen LogP contribution in [0.2, 0.25) is 0 Å². The lowest BCUT2D eigenvalue weighted by Gasteiger charge is -2.16. The lowest BCUT2D eigenvalue weighted by molar-refractivity contribution is -0.121. The monoisotopic (exact) mass is 251 g/mol. The predicted molar refractivity (Wildman–Crippen MR) is 57.6 cm³/mol. The first-order valence-electron chi connectivity index (χ1n) is 4.21. The van der Waals surface area contributed by atoms with Gasteiger partial charge in [0, 0.05) is 0 Å². The number of amides is 3. The Kier molecular flexibility index (Phi) is 6.95. The molecule has 2 atom stereocenters. The topological polar surface area (TPSA) is 106 Å². The van der Waals surface area contributed by atoms with Gasteiger partial charge in [0.05, 0.1) is 20.8 Å². The average Bonchev–Trinajstić information content (AvgIpc) is 2.32. The molecule has 0 saturated heterocycles. The van der Waals surface area contributed by atoms with E-state index < -0.39 is 24.1 Å². The van der Waals surface area contributed by atoms with Crippen LogP contribution in [0.25, 0.3) is 0 Å². The molecule has 0 aromatic rings. The van der Waals surface area contributed by atoms with E-state index in [-0.39, 0.29) is 6.54 Å². The second kappa shape index (κ2) is 7.70. The summed E-state index contributed by atoms with van der Waals surface area (Å²) in [6.45, 7) is -0.109. The van der Waals surface area contributed by atoms with Crippen LogP contribution in [-0.4, -0.2) is 44.9 Å². The molecule has 0 bridgehead atoms. The van der Waals surface area contributed by atoms with Crippen molar-refractivity contribution in [3.8, 4) is 0 Å². The van der Waals surface area contributed by atoms with Gasteiger partial charge in [-0.2, -0.15) is 0 Å². The molecule has 3 amide bonds. The summed E-state index contributed by atoms with van der Waals surface area (Å²) in [6, 6.07) is -0.941. The highest BCUT2D eigenvalue weighted by atomic mass is 31.0. The average molecular weight is 251 g/mol. The van der Waals surface area contributed by atoms with Gasteiger partial charge in [-0.05, 0) is 9.39 Å². The molecule has 3 N–H and O–H groups in total. The third-order valence-corrected chi connectivity index (χ3v) is 1.86. The highest BCUT2D eigenvalue weighted by molar-refractivity contribution is 7.15. The molecule has 8 nitrogen and oxygen atoms in total. The fourth-order valence-corrected chi connectivity index (χ4v) is 0.970. The Morgan fingerprint density at radius 3 is 2.19 bits per heavy atom. The second-order valence-electron chi connectivity index (χ2n) is 2.57. The molecule has 0 rings (SSSR count). The standard InChI is InChI=1S/C7H14N3O5P/c1-14-6(12)8-3-4(5(11)10-16)9-7(13)15-2/h4H,3,16H2,1-2H3,(H,8,12)(H,9,13)(H,10,11). The number of carbonyl (C=O) groups is 3. The molecule has 0 aliphatic rings. The van der Waals surface area contributed by atoms with E-state index in [0.29, 0.717) is 0 Å². The van der Waals surface area contributed by atoms with Gasteiger partial charge in [0.25, 0.3) is 0 Å². The number of hydrogen-bond donors (Lipinski definition) is 3. The molecule has 2 unspecified atom stereocenters. The van der Waals surface area contributed by atoms with Crippen molar-refractivity contribution >= 4 is 27.5 Å². The van der Waals surface area contributed by atoms with Gasteiger partial charge in [0.2, 0.25) is 5.91 Å². The quantitative estimate of drug-likeness (QED) is 0.554. The summed E-state index contributed by atoms with van der Waals surface area (Å²) in [7, 11) is 4.34. The number of carbonyl (C=O) groups excluding carboxylic acids is 3. The van der Waals surface area contributed by atoms with Gasteiger partial charge in [0.15, 0.2) is 0 Å². The molecule has 0 aromatic carbocycles. The molecule has 0 aliphatic heterocycles. The molecule has 16 heavy (non-hydrogen) atoms. The van der Waals surface area contributed by atoms with Gasteiger partial charge in [-0.1, -0.05) is 0 Å². The Morgan fingerprint density at radius 1 is 1.19 bits per heavy atom. The smallest absolute Gasteiger partial charge is 0.407 e. The summed E-state index contributed by atoms with van der Waals surface area (Å²) in [4.78, 5) is 32.9. The molecular weight excluding hydrogens is 237 g/mol. The lowest BCUT2D eigenvalue weighted by Crippen LogP contribution is -2.51. The van der Waals surface area contributed by atoms with Crippen molar-refractivity contribution < 1.29 is 23.9 Å². The van der Waals surface area contributed by atoms with E-state index >= 15 is 0 Å². The van der Waals surface area contributed by atoms with Crippen molar-refractivity contribution in [3.63, 3.8) is 0 Å². The summed E-state index contributed by atoms with van der Waals surface area (Å²) < 4.78 is 8.64. The SMILES string of the molecule is COC(=O)NCC(NC(=O)OC)C(=O)NP. The molecule has 0 heterocycles. The van der Waals surface area contributed by atoms with Crippen molar-refractivity contribution in [2.24, 2.45) is 0 Å². The highest BCUT2D eigenvalue weighted by Crippen LogP contribution is 1.88. The molecule has 0 aliphatic carbocycles. The largest absolute Gasteiger partial charge is 0.453 e. The van der Waals surface area contributed by atoms with Crippen LogP contribution in [0.4, 0.5) is 9.59 Å². The zero-order valence-corrected chi connectivity index (χ0v) is 10.1. The lowest BCUT2D eigenvalue weighted by atomic mass is 10.3. The number of methoxy groups -OCH3 is 2. The second-order valence-corrected chi connectivity index (χ2v) is 2.86. The van der Waals surface area contributed by atoms with Gasteiger partial charge in [-0.25, -0.2) is 9.59 Å². The van der Waals surface area contributed by atoms with Crippen LogP contribution >= 0.6 is 9.39 Å². The van der Waals surface area contributed by atoms with Gasteiger partial charge in [-0.15, -0.1) is 0 Å². The Labute approximate surface area is 94.7 Å². The van der Waals surface area contributed by atoms with Crippen LogP contribution < -0.4 is 15.7 Å². The van der Waals surface area contributed by atoms with Crippen LogP contribution in [0.3, 0.4) is 0 Å². The van der Waals surface area contributed by atoms with Gasteiger partial charge in [-0.3, -0.25) is 4.79 Å². The van der Waals surface area contributed by atoms with Crippen LogP contribution in [0.1, 0.15) is 0 Å². The minimum atomic E-state index is -0.941. The van der Waals surface area contributed by atoms with E-state index in [1.54, 1.807) is 0 Å². The summed E-state index contributed by atoms with van der Waals surface area (Å²) in [6.07, 6.45) is -1.47. The molecule has 0 fully saturated rings. The third kappa shape index (κ3) is 5.35. The predicted octanol–water partition coefficient (Wildman–Crippen LogP) is -1.03. The summed E-state index contributed by atoms with van der Waals surface area (Å²) in [5.41, 5.74) is 0. The normalized spacial score (nSPS) is 10.9. The summed E-state index contributed by atoms with van der Waals surface area (Å²) in [5.74, 6) is -0.494. The molecule has 9 heteroatoms. The van der Waals surface area contributed by atoms with E-state index in [4.69, 9.17) is 0 Å². The highest BCUT2D eigenvalue weighted by Gasteiger charge is 2.20. The fraction of sp³-hybridized carbons (Fsp3) is 0.571. The Hall–Kier alpha value is -1.56. The summed E-state index contributed by atoms with van der Waals surface area (Å²) in [5, 5.41) is 6.77. The Balaban J connectivity index is 4.26. The minimum Gasteiger partial charge on any atom is -0.453 e. The van der Waals surface area contributed by atoms with Crippen molar-refractivity contribution in [3.05, 3.63) is 0 Å². The first-order valence-corrected chi connectivity index (χ1v) is 4.79. The van der Waals surface area contributed by atoms with Crippen LogP contribution in [0, 0.1) is 0 Å². The molecule has 0 radical (unpaired) electrons. The van der Waals surface area contributed by atoms with E-state index in [1.807, 2.05) is 9.39 Å². The fourth-order valence-electron chi connectivity index (χ4n) is 0.769. The van der Waals surface area contributed by atoms with Gasteiger partial charge < -0.3 is 25.2 Å². The first-order chi connectivity index (χ1) is 7.54. The minimum absolute atomic E-state index is 0.109. The summed E-state index contributed by atoms with van der Waals surface area (Å²) >= 11 is 0. The maximum Gasteiger partial charge on any atom is 0.407 e. The molecule has 92 valence electrons. The van der Waals surface area contributed by atoms with Crippen molar-refractivity contribution in [1.29, 1.82) is 0 Å².